The molecule has 230 valence electrons. The van der Waals surface area contributed by atoms with Crippen molar-refractivity contribution in [2.45, 2.75) is 50.8 Å². The van der Waals surface area contributed by atoms with Gasteiger partial charge in [-0.05, 0) is 62.6 Å². The summed E-state index contributed by atoms with van der Waals surface area (Å²) in [4.78, 5) is 20.9. The molecule has 0 radical (unpaired) electrons. The van der Waals surface area contributed by atoms with Crippen LogP contribution in [-0.4, -0.2) is 68.8 Å². The standard InChI is InChI=1S/C32H35ClFN7O2S/c1-6-22(43)40-13-19-14-44-31-25(32(37)41(19)12-17(40)4)30(39-28-16(3)9-10-38-29(28)18(5)42)26(33)24(27(31)34)23-15(2)7-8-21(36)20(23)11-35/h6-11,17-19,35,37,39,42H,1,12-14,36H2,2-5H3. The average Bonchev–Trinajstić information content (AvgIpc) is 3.13. The summed E-state index contributed by atoms with van der Waals surface area (Å²) >= 11 is 8.44. The van der Waals surface area contributed by atoms with Gasteiger partial charge in [-0.15, -0.1) is 11.8 Å². The molecule has 6 N–H and O–H groups in total. The molecule has 2 aromatic carbocycles. The number of benzene rings is 2. The molecule has 3 aromatic rings. The van der Waals surface area contributed by atoms with Gasteiger partial charge in [-0.2, -0.15) is 0 Å². The highest BCUT2D eigenvalue weighted by Gasteiger charge is 2.40. The van der Waals surface area contributed by atoms with E-state index in [0.29, 0.717) is 52.6 Å². The van der Waals surface area contributed by atoms with Crippen LogP contribution in [0.5, 0.6) is 0 Å². The molecule has 3 atom stereocenters. The molecule has 12 heteroatoms. The van der Waals surface area contributed by atoms with E-state index >= 15 is 4.39 Å². The summed E-state index contributed by atoms with van der Waals surface area (Å²) in [5, 5.41) is 31.5. The number of hydrogen-bond donors (Lipinski definition) is 5. The number of thioether (sulfide) groups is 1. The SMILES string of the molecule is C=CC(=O)N1CC2CSc3c(F)c(-c4c(C)ccc(N)c4C=N)c(Cl)c(Nc4c(C)ccnc4C(C)O)c3C(=N)N2CC1C. The number of carbonyl (C=O) groups excluding carboxylic acids is 1. The molecule has 44 heavy (non-hydrogen) atoms. The van der Waals surface area contributed by atoms with Crippen molar-refractivity contribution in [2.24, 2.45) is 0 Å². The van der Waals surface area contributed by atoms with E-state index in [1.165, 1.54) is 17.8 Å². The normalized spacial score (nSPS) is 18.7. The number of pyridine rings is 1. The van der Waals surface area contributed by atoms with Crippen molar-refractivity contribution in [2.75, 3.05) is 29.9 Å². The first kappa shape index (κ1) is 31.5. The Morgan fingerprint density at radius 3 is 2.64 bits per heavy atom. The number of nitrogens with two attached hydrogens (primary N) is 1. The first-order valence-corrected chi connectivity index (χ1v) is 15.5. The fourth-order valence-electron chi connectivity index (χ4n) is 5.98. The predicted molar refractivity (Wildman–Crippen MR) is 176 cm³/mol. The van der Waals surface area contributed by atoms with Gasteiger partial charge in [-0.3, -0.25) is 15.2 Å². The van der Waals surface area contributed by atoms with Crippen LogP contribution in [0.25, 0.3) is 11.1 Å². The molecular formula is C32H35ClFN7O2S. The van der Waals surface area contributed by atoms with E-state index in [1.807, 2.05) is 18.7 Å². The van der Waals surface area contributed by atoms with Crippen molar-refractivity contribution >= 4 is 58.4 Å². The second kappa shape index (κ2) is 12.2. The van der Waals surface area contributed by atoms with Crippen LogP contribution >= 0.6 is 23.4 Å². The second-order valence-corrected chi connectivity index (χ2v) is 12.6. The smallest absolute Gasteiger partial charge is 0.246 e. The van der Waals surface area contributed by atoms with Crippen LogP contribution in [0, 0.1) is 30.5 Å². The van der Waals surface area contributed by atoms with E-state index < -0.39 is 11.9 Å². The van der Waals surface area contributed by atoms with Crippen molar-refractivity contribution in [1.82, 2.24) is 14.8 Å². The molecule has 0 bridgehead atoms. The molecule has 0 aliphatic carbocycles. The number of amides is 1. The van der Waals surface area contributed by atoms with E-state index in [-0.39, 0.29) is 50.6 Å². The Kier molecular flexibility index (Phi) is 8.75. The minimum Gasteiger partial charge on any atom is -0.398 e. The lowest BCUT2D eigenvalue weighted by Crippen LogP contribution is -2.60. The van der Waals surface area contributed by atoms with E-state index in [0.717, 1.165) is 11.8 Å². The summed E-state index contributed by atoms with van der Waals surface area (Å²) in [5.74, 6) is -0.339. The number of rotatable bonds is 6. The van der Waals surface area contributed by atoms with Crippen LogP contribution in [0.15, 0.2) is 41.9 Å². The van der Waals surface area contributed by atoms with E-state index in [4.69, 9.17) is 22.7 Å². The quantitative estimate of drug-likeness (QED) is 0.126. The molecule has 3 heterocycles. The highest BCUT2D eigenvalue weighted by atomic mass is 35.5. The van der Waals surface area contributed by atoms with Gasteiger partial charge in [0.15, 0.2) is 0 Å². The van der Waals surface area contributed by atoms with Gasteiger partial charge in [-0.25, -0.2) is 4.39 Å². The fourth-order valence-corrected chi connectivity index (χ4v) is 7.52. The van der Waals surface area contributed by atoms with E-state index in [9.17, 15) is 15.3 Å². The number of nitrogen functional groups attached to an aromatic ring is 1. The number of hydrogen-bond acceptors (Lipinski definition) is 8. The monoisotopic (exact) mass is 635 g/mol. The Bertz CT molecular complexity index is 1710. The Labute approximate surface area is 265 Å². The number of nitrogens with zero attached hydrogens (tertiary/aromatic N) is 3. The number of carbonyl (C=O) groups is 1. The van der Waals surface area contributed by atoms with Crippen molar-refractivity contribution in [1.29, 1.82) is 10.8 Å². The van der Waals surface area contributed by atoms with Crippen molar-refractivity contribution in [3.63, 3.8) is 0 Å². The lowest BCUT2D eigenvalue weighted by Gasteiger charge is -2.45. The predicted octanol–water partition coefficient (Wildman–Crippen LogP) is 6.05. The van der Waals surface area contributed by atoms with E-state index in [2.05, 4.69) is 16.9 Å². The third-order valence-corrected chi connectivity index (χ3v) is 9.90. The zero-order valence-corrected chi connectivity index (χ0v) is 26.5. The second-order valence-electron chi connectivity index (χ2n) is 11.2. The Morgan fingerprint density at radius 2 is 1.98 bits per heavy atom. The van der Waals surface area contributed by atoms with Gasteiger partial charge in [0.05, 0.1) is 44.7 Å². The maximum atomic E-state index is 17.0. The number of aliphatic hydroxyl groups excluding tert-OH is 1. The first-order valence-electron chi connectivity index (χ1n) is 14.2. The Hall–Kier alpha value is -3.93. The van der Waals surface area contributed by atoms with Crippen LogP contribution in [0.3, 0.4) is 0 Å². The number of amidine groups is 1. The van der Waals surface area contributed by atoms with Gasteiger partial charge < -0.3 is 31.4 Å². The number of nitrogens with one attached hydrogen (secondary N) is 3. The number of aromatic nitrogens is 1. The molecule has 5 rings (SSSR count). The molecule has 1 amide bonds. The summed E-state index contributed by atoms with van der Waals surface area (Å²) in [6.07, 6.45) is 3.05. The topological polar surface area (TPSA) is 142 Å². The maximum absolute atomic E-state index is 17.0. The highest BCUT2D eigenvalue weighted by molar-refractivity contribution is 7.99. The zero-order chi connectivity index (χ0) is 32.0. The molecule has 0 saturated carbocycles. The lowest BCUT2D eigenvalue weighted by atomic mass is 9.91. The minimum absolute atomic E-state index is 0.00941. The van der Waals surface area contributed by atoms with Crippen LogP contribution in [-0.2, 0) is 4.79 Å². The van der Waals surface area contributed by atoms with Crippen molar-refractivity contribution < 1.29 is 14.3 Å². The van der Waals surface area contributed by atoms with Gasteiger partial charge in [0.2, 0.25) is 5.91 Å². The Balaban J connectivity index is 1.80. The summed E-state index contributed by atoms with van der Waals surface area (Å²) in [6, 6.07) is 4.72. The van der Waals surface area contributed by atoms with Crippen LogP contribution in [0.4, 0.5) is 21.5 Å². The molecule has 2 aliphatic rings. The third kappa shape index (κ3) is 5.22. The van der Waals surface area contributed by atoms with Gasteiger partial charge in [0.1, 0.15) is 11.7 Å². The molecule has 3 unspecified atom stereocenters. The van der Waals surface area contributed by atoms with Gasteiger partial charge in [-0.1, -0.05) is 24.2 Å². The molecule has 1 fully saturated rings. The summed E-state index contributed by atoms with van der Waals surface area (Å²) in [5.41, 5.74) is 10.2. The average molecular weight is 636 g/mol. The lowest BCUT2D eigenvalue weighted by molar-refractivity contribution is -0.130. The number of halogens is 2. The number of aryl methyl sites for hydroxylation is 2. The summed E-state index contributed by atoms with van der Waals surface area (Å²) < 4.78 is 17.0. The number of anilines is 3. The molecule has 1 aromatic heterocycles. The summed E-state index contributed by atoms with van der Waals surface area (Å²) in [6.45, 7) is 11.5. The molecule has 9 nitrogen and oxygen atoms in total. The van der Waals surface area contributed by atoms with E-state index in [1.54, 1.807) is 43.1 Å². The van der Waals surface area contributed by atoms with Crippen molar-refractivity contribution in [3.8, 4) is 11.1 Å². The fraction of sp³-hybridized carbons (Fsp3) is 0.312. The van der Waals surface area contributed by atoms with Crippen LogP contribution in [0.2, 0.25) is 5.02 Å². The highest BCUT2D eigenvalue weighted by Crippen LogP contribution is 2.50. The van der Waals surface area contributed by atoms with Gasteiger partial charge in [0, 0.05) is 54.1 Å². The van der Waals surface area contributed by atoms with Crippen molar-refractivity contribution in [3.05, 3.63) is 75.8 Å². The molecule has 1 saturated heterocycles. The van der Waals surface area contributed by atoms with Crippen LogP contribution in [0.1, 0.15) is 47.9 Å². The first-order chi connectivity index (χ1) is 20.9. The third-order valence-electron chi connectivity index (χ3n) is 8.29. The number of fused-ring (bicyclic) bond motifs is 2. The molecule has 2 aliphatic heterocycles. The van der Waals surface area contributed by atoms with Gasteiger partial charge >= 0.3 is 0 Å². The minimum atomic E-state index is -0.926. The largest absolute Gasteiger partial charge is 0.398 e. The summed E-state index contributed by atoms with van der Waals surface area (Å²) in [7, 11) is 0. The zero-order valence-electron chi connectivity index (χ0n) is 25.0. The van der Waals surface area contributed by atoms with Gasteiger partial charge in [0.25, 0.3) is 0 Å². The maximum Gasteiger partial charge on any atom is 0.246 e. The Morgan fingerprint density at radius 1 is 1.25 bits per heavy atom. The number of piperazine rings is 1. The molecular weight excluding hydrogens is 601 g/mol. The number of aliphatic hydroxyl groups is 1. The molecule has 0 spiro atoms. The van der Waals surface area contributed by atoms with Crippen LogP contribution < -0.4 is 11.1 Å².